The zero-order valence-corrected chi connectivity index (χ0v) is 26.7. The molecule has 1 saturated heterocycles. The number of aliphatic hydroxyl groups is 2. The van der Waals surface area contributed by atoms with Gasteiger partial charge >= 0.3 is 0 Å². The molecular formula is C36H47N3O7. The second-order valence-electron chi connectivity index (χ2n) is 12.0. The maximum Gasteiger partial charge on any atom is 0.243 e. The summed E-state index contributed by atoms with van der Waals surface area (Å²) in [5.74, 6) is -0.493. The first kappa shape index (κ1) is 35.2. The van der Waals surface area contributed by atoms with E-state index >= 15 is 0 Å². The van der Waals surface area contributed by atoms with Gasteiger partial charge in [0.1, 0.15) is 0 Å². The first-order chi connectivity index (χ1) is 22.3. The highest BCUT2D eigenvalue weighted by atomic mass is 16.7. The van der Waals surface area contributed by atoms with Gasteiger partial charge in [0, 0.05) is 43.1 Å². The number of benzene rings is 3. The van der Waals surface area contributed by atoms with E-state index in [9.17, 15) is 19.8 Å². The Labute approximate surface area is 271 Å². The molecule has 1 fully saturated rings. The summed E-state index contributed by atoms with van der Waals surface area (Å²) in [6.07, 6.45) is 2.39. The van der Waals surface area contributed by atoms with E-state index in [1.807, 2.05) is 92.8 Å². The molecule has 1 heterocycles. The molecule has 0 bridgehead atoms. The van der Waals surface area contributed by atoms with Crippen LogP contribution in [0.3, 0.4) is 0 Å². The van der Waals surface area contributed by atoms with Gasteiger partial charge in [-0.15, -0.1) is 0 Å². The summed E-state index contributed by atoms with van der Waals surface area (Å²) < 4.78 is 13.0. The Balaban J connectivity index is 1.41. The standard InChI is InChI=1S/C36H47N3O7/c1-25(35(43)28-11-6-5-7-12-28)39(2)23-31-22-32(27-19-17-26(24-40)18-20-27)46-36(45-31)29-13-10-14-30(21-29)37-33(41)15-8-3-4-9-16-34(42)38-44/h5-7,10-14,17-21,25,31-32,35-36,40,43-44H,3-4,8-9,15-16,22-24H2,1-2H3,(H,37,41)(H,38,42)/t25-,31+,32-,35-,36-/m0/s1. The lowest BCUT2D eigenvalue weighted by Gasteiger charge is -2.39. The van der Waals surface area contributed by atoms with Gasteiger partial charge in [-0.1, -0.05) is 79.6 Å². The maximum atomic E-state index is 12.7. The molecule has 248 valence electrons. The fourth-order valence-electron chi connectivity index (χ4n) is 5.66. The van der Waals surface area contributed by atoms with Crippen LogP contribution in [0.15, 0.2) is 78.9 Å². The second-order valence-corrected chi connectivity index (χ2v) is 12.0. The number of unbranched alkanes of at least 4 members (excludes halogenated alkanes) is 3. The fourth-order valence-corrected chi connectivity index (χ4v) is 5.66. The number of amides is 2. The van der Waals surface area contributed by atoms with E-state index in [4.69, 9.17) is 14.7 Å². The number of anilines is 1. The molecule has 0 radical (unpaired) electrons. The molecule has 10 heteroatoms. The number of nitrogens with zero attached hydrogens (tertiary/aromatic N) is 1. The average Bonchev–Trinajstić information content (AvgIpc) is 3.09. The largest absolute Gasteiger partial charge is 0.392 e. The van der Waals surface area contributed by atoms with Crippen LogP contribution in [-0.4, -0.2) is 57.9 Å². The number of ether oxygens (including phenoxy) is 2. The summed E-state index contributed by atoms with van der Waals surface area (Å²) in [6.45, 7) is 2.53. The Bertz CT molecular complexity index is 1370. The van der Waals surface area contributed by atoms with Crippen molar-refractivity contribution in [2.45, 2.75) is 89.1 Å². The van der Waals surface area contributed by atoms with Crippen molar-refractivity contribution >= 4 is 17.5 Å². The highest BCUT2D eigenvalue weighted by molar-refractivity contribution is 5.90. The van der Waals surface area contributed by atoms with Gasteiger partial charge in [0.25, 0.3) is 0 Å². The van der Waals surface area contributed by atoms with Crippen molar-refractivity contribution in [3.8, 4) is 0 Å². The van der Waals surface area contributed by atoms with Gasteiger partial charge in [-0.25, -0.2) is 5.48 Å². The molecule has 0 unspecified atom stereocenters. The second kappa shape index (κ2) is 17.9. The number of likely N-dealkylation sites (N-methyl/N-ethyl adjacent to an activating group) is 1. The van der Waals surface area contributed by atoms with E-state index in [0.717, 1.165) is 35.1 Å². The average molecular weight is 634 g/mol. The molecule has 0 aliphatic carbocycles. The Hall–Kier alpha value is -3.64. The Kier molecular flexibility index (Phi) is 13.7. The normalized spacial score (nSPS) is 19.4. The maximum absolute atomic E-state index is 12.7. The summed E-state index contributed by atoms with van der Waals surface area (Å²) in [4.78, 5) is 25.9. The van der Waals surface area contributed by atoms with Crippen LogP contribution >= 0.6 is 0 Å². The number of hydrogen-bond acceptors (Lipinski definition) is 8. The lowest BCUT2D eigenvalue weighted by atomic mass is 9.98. The number of carbonyl (C=O) groups is 2. The summed E-state index contributed by atoms with van der Waals surface area (Å²) in [5, 5.41) is 32.1. The van der Waals surface area contributed by atoms with Crippen LogP contribution in [0.5, 0.6) is 0 Å². The topological polar surface area (TPSA) is 141 Å². The fraction of sp³-hybridized carbons (Fsp3) is 0.444. The molecule has 5 N–H and O–H groups in total. The molecule has 46 heavy (non-hydrogen) atoms. The van der Waals surface area contributed by atoms with Crippen LogP contribution < -0.4 is 10.8 Å². The van der Waals surface area contributed by atoms with E-state index in [0.29, 0.717) is 37.9 Å². The summed E-state index contributed by atoms with van der Waals surface area (Å²) in [6, 6.07) is 24.7. The summed E-state index contributed by atoms with van der Waals surface area (Å²) in [5.41, 5.74) is 5.73. The van der Waals surface area contributed by atoms with Crippen LogP contribution in [0.25, 0.3) is 0 Å². The van der Waals surface area contributed by atoms with Gasteiger partial charge in [0.2, 0.25) is 11.8 Å². The van der Waals surface area contributed by atoms with Crippen molar-refractivity contribution in [3.05, 3.63) is 101 Å². The van der Waals surface area contributed by atoms with Crippen LogP contribution in [0.4, 0.5) is 5.69 Å². The summed E-state index contributed by atoms with van der Waals surface area (Å²) >= 11 is 0. The molecule has 0 aromatic heterocycles. The molecule has 1 aliphatic rings. The van der Waals surface area contributed by atoms with Gasteiger partial charge in [-0.05, 0) is 55.6 Å². The van der Waals surface area contributed by atoms with Gasteiger partial charge in [0.05, 0.1) is 24.9 Å². The molecule has 3 aromatic rings. The SMILES string of the molecule is C[C@@H]([C@H](O)c1ccccc1)N(C)C[C@H]1C[C@@H](c2ccc(CO)cc2)O[C@@H](c2cccc(NC(=O)CCCCCCC(=O)NO)c2)O1. The van der Waals surface area contributed by atoms with Gasteiger partial charge in [-0.3, -0.25) is 19.7 Å². The smallest absolute Gasteiger partial charge is 0.243 e. The van der Waals surface area contributed by atoms with E-state index in [2.05, 4.69) is 10.2 Å². The van der Waals surface area contributed by atoms with E-state index in [1.165, 1.54) is 0 Å². The van der Waals surface area contributed by atoms with Crippen molar-refractivity contribution in [2.75, 3.05) is 18.9 Å². The molecule has 10 nitrogen and oxygen atoms in total. The number of rotatable bonds is 16. The first-order valence-corrected chi connectivity index (χ1v) is 16.0. The molecule has 0 spiro atoms. The molecule has 2 amide bonds. The number of hydrogen-bond donors (Lipinski definition) is 5. The van der Waals surface area contributed by atoms with E-state index in [-0.39, 0.29) is 37.2 Å². The predicted octanol–water partition coefficient (Wildman–Crippen LogP) is 5.56. The molecule has 0 saturated carbocycles. The highest BCUT2D eigenvalue weighted by Gasteiger charge is 2.34. The van der Waals surface area contributed by atoms with Crippen molar-refractivity contribution in [3.63, 3.8) is 0 Å². The van der Waals surface area contributed by atoms with Crippen molar-refractivity contribution in [1.29, 1.82) is 0 Å². The molecule has 4 rings (SSSR count). The monoisotopic (exact) mass is 633 g/mol. The zero-order chi connectivity index (χ0) is 32.9. The van der Waals surface area contributed by atoms with Crippen LogP contribution in [0.2, 0.25) is 0 Å². The van der Waals surface area contributed by atoms with Crippen LogP contribution in [0, 0.1) is 0 Å². The third-order valence-corrected chi connectivity index (χ3v) is 8.52. The van der Waals surface area contributed by atoms with E-state index in [1.54, 1.807) is 5.48 Å². The molecule has 5 atom stereocenters. The van der Waals surface area contributed by atoms with Crippen LogP contribution in [-0.2, 0) is 25.7 Å². The highest BCUT2D eigenvalue weighted by Crippen LogP contribution is 2.39. The Morgan fingerprint density at radius 3 is 2.26 bits per heavy atom. The third kappa shape index (κ3) is 10.4. The minimum absolute atomic E-state index is 0.0333. The summed E-state index contributed by atoms with van der Waals surface area (Å²) in [7, 11) is 1.98. The first-order valence-electron chi connectivity index (χ1n) is 16.0. The zero-order valence-electron chi connectivity index (χ0n) is 26.7. The predicted molar refractivity (Wildman–Crippen MR) is 175 cm³/mol. The number of hydroxylamine groups is 1. The number of nitrogens with one attached hydrogen (secondary N) is 2. The van der Waals surface area contributed by atoms with Crippen molar-refractivity contribution in [1.82, 2.24) is 10.4 Å². The Morgan fingerprint density at radius 1 is 0.891 bits per heavy atom. The minimum atomic E-state index is -0.683. The Morgan fingerprint density at radius 2 is 1.59 bits per heavy atom. The lowest BCUT2D eigenvalue weighted by molar-refractivity contribution is -0.253. The van der Waals surface area contributed by atoms with Gasteiger partial charge in [-0.2, -0.15) is 0 Å². The molecule has 1 aliphatic heterocycles. The lowest BCUT2D eigenvalue weighted by Crippen LogP contribution is -2.43. The van der Waals surface area contributed by atoms with Crippen molar-refractivity contribution < 1.29 is 34.5 Å². The van der Waals surface area contributed by atoms with Gasteiger partial charge in [0.15, 0.2) is 6.29 Å². The molecule has 3 aromatic carbocycles. The minimum Gasteiger partial charge on any atom is -0.392 e. The van der Waals surface area contributed by atoms with Gasteiger partial charge < -0.3 is 25.0 Å². The quantitative estimate of drug-likeness (QED) is 0.0785. The van der Waals surface area contributed by atoms with E-state index < -0.39 is 18.3 Å². The molecular weight excluding hydrogens is 586 g/mol. The number of aliphatic hydroxyl groups excluding tert-OH is 2. The van der Waals surface area contributed by atoms with Crippen molar-refractivity contribution in [2.24, 2.45) is 0 Å². The van der Waals surface area contributed by atoms with Crippen LogP contribution in [0.1, 0.15) is 92.6 Å². The number of carbonyl (C=O) groups excluding carboxylic acids is 2. The third-order valence-electron chi connectivity index (χ3n) is 8.52.